The molecule has 0 radical (unpaired) electrons. The molecule has 1 aromatic heterocycles. The maximum Gasteiger partial charge on any atom is 0.512 e. The number of aromatic nitrogens is 1. The van der Waals surface area contributed by atoms with Crippen molar-refractivity contribution in [1.29, 1.82) is 0 Å². The van der Waals surface area contributed by atoms with Crippen molar-refractivity contribution >= 4 is 12.4 Å². The molecule has 1 aromatic rings. The zero-order valence-electron chi connectivity index (χ0n) is 7.31. The van der Waals surface area contributed by atoms with Crippen molar-refractivity contribution in [3.8, 4) is 5.88 Å². The van der Waals surface area contributed by atoms with Crippen LogP contribution in [0.4, 0.5) is 17.3 Å². The number of hydrogen-bond acceptors (Lipinski definition) is 2. The van der Waals surface area contributed by atoms with E-state index in [1.807, 2.05) is 0 Å². The van der Waals surface area contributed by atoms with Crippen LogP contribution in [0.15, 0.2) is 12.3 Å². The van der Waals surface area contributed by atoms with E-state index >= 15 is 0 Å². The summed E-state index contributed by atoms with van der Waals surface area (Å²) in [6.45, 7) is -3.57. The molecule has 0 atom stereocenters. The molecule has 7 heteroatoms. The van der Waals surface area contributed by atoms with Gasteiger partial charge in [0.25, 0.3) is 0 Å². The lowest BCUT2D eigenvalue weighted by Crippen LogP contribution is -2.37. The highest BCUT2D eigenvalue weighted by Crippen LogP contribution is 2.14. The summed E-state index contributed by atoms with van der Waals surface area (Å²) >= 11 is 0. The van der Waals surface area contributed by atoms with Gasteiger partial charge in [0.2, 0.25) is 5.88 Å². The van der Waals surface area contributed by atoms with Crippen molar-refractivity contribution in [2.75, 3.05) is 6.61 Å². The van der Waals surface area contributed by atoms with Crippen molar-refractivity contribution in [2.45, 2.75) is 6.92 Å². The molecule has 0 unspecified atom stereocenters. The Labute approximate surface area is 78.0 Å². The fraction of sp³-hybridized carbons (Fsp3) is 0.286. The van der Waals surface area contributed by atoms with E-state index in [0.29, 0.717) is 12.3 Å². The molecule has 1 rings (SSSR count). The van der Waals surface area contributed by atoms with Gasteiger partial charge in [-0.15, -0.1) is 0 Å². The first-order valence-electron chi connectivity index (χ1n) is 3.93. The molecule has 0 aliphatic rings. The van der Waals surface area contributed by atoms with Crippen molar-refractivity contribution in [3.05, 3.63) is 18.1 Å². The average Bonchev–Trinajstić information content (AvgIpc) is 2.07. The predicted octanol–water partition coefficient (Wildman–Crippen LogP) is 1.67. The first kappa shape index (κ1) is 10.8. The van der Waals surface area contributed by atoms with Crippen molar-refractivity contribution in [3.63, 3.8) is 0 Å². The molecular weight excluding hydrogens is 201 g/mol. The summed E-state index contributed by atoms with van der Waals surface area (Å²) in [4.78, 5) is 3.35. The highest BCUT2D eigenvalue weighted by atomic mass is 19.4. The van der Waals surface area contributed by atoms with Crippen LogP contribution < -0.4 is 10.2 Å². The van der Waals surface area contributed by atoms with Gasteiger partial charge >= 0.3 is 6.98 Å². The van der Waals surface area contributed by atoms with E-state index < -0.39 is 18.3 Å². The van der Waals surface area contributed by atoms with Gasteiger partial charge in [0.1, 0.15) is 5.82 Å². The van der Waals surface area contributed by atoms with Crippen molar-refractivity contribution in [2.24, 2.45) is 0 Å². The van der Waals surface area contributed by atoms with Gasteiger partial charge in [-0.2, -0.15) is 0 Å². The third-order valence-electron chi connectivity index (χ3n) is 1.50. The fourth-order valence-corrected chi connectivity index (χ4v) is 0.912. The second kappa shape index (κ2) is 3.85. The van der Waals surface area contributed by atoms with E-state index in [1.165, 1.54) is 0 Å². The lowest BCUT2D eigenvalue weighted by Gasteiger charge is -2.16. The Kier molecular flexibility index (Phi) is 2.98. The zero-order valence-corrected chi connectivity index (χ0v) is 7.31. The molecule has 0 saturated carbocycles. The highest BCUT2D eigenvalue weighted by molar-refractivity contribution is 6.73. The minimum Gasteiger partial charge on any atom is -0.478 e. The van der Waals surface area contributed by atoms with Crippen LogP contribution in [0.2, 0.25) is 0 Å². The highest BCUT2D eigenvalue weighted by Gasteiger charge is 2.29. The first-order chi connectivity index (χ1) is 6.45. The lowest BCUT2D eigenvalue weighted by atomic mass is 9.80. The van der Waals surface area contributed by atoms with Gasteiger partial charge in [-0.05, 0) is 13.0 Å². The number of rotatable bonds is 3. The second-order valence-electron chi connectivity index (χ2n) is 2.55. The van der Waals surface area contributed by atoms with Gasteiger partial charge in [0, 0.05) is 0 Å². The predicted molar refractivity (Wildman–Crippen MR) is 44.1 cm³/mol. The third kappa shape index (κ3) is 2.37. The summed E-state index contributed by atoms with van der Waals surface area (Å²) in [5.74, 6) is -1.59. The smallest absolute Gasteiger partial charge is 0.478 e. The van der Waals surface area contributed by atoms with Crippen LogP contribution in [0.25, 0.3) is 0 Å². The van der Waals surface area contributed by atoms with Crippen molar-refractivity contribution < 1.29 is 22.1 Å². The van der Waals surface area contributed by atoms with Gasteiger partial charge in [-0.3, -0.25) is 0 Å². The molecule has 0 aliphatic carbocycles. The topological polar surface area (TPSA) is 22.1 Å². The average molecular weight is 208 g/mol. The molecule has 1 heterocycles. The minimum absolute atomic E-state index is 0.183. The summed E-state index contributed by atoms with van der Waals surface area (Å²) in [6.07, 6.45) is 0.509. The van der Waals surface area contributed by atoms with Crippen LogP contribution in [-0.2, 0) is 0 Å². The first-order valence-corrected chi connectivity index (χ1v) is 3.93. The van der Waals surface area contributed by atoms with E-state index in [9.17, 15) is 17.3 Å². The van der Waals surface area contributed by atoms with Crippen molar-refractivity contribution in [1.82, 2.24) is 4.98 Å². The maximum absolute atomic E-state index is 12.7. The summed E-state index contributed by atoms with van der Waals surface area (Å²) in [5, 5.41) is 0. The summed E-state index contributed by atoms with van der Waals surface area (Å²) in [5.41, 5.74) is -1.30. The maximum atomic E-state index is 12.7. The van der Waals surface area contributed by atoms with Gasteiger partial charge in [-0.1, -0.05) is 5.46 Å². The number of halogens is 4. The molecule has 0 N–H and O–H groups in total. The van der Waals surface area contributed by atoms with Gasteiger partial charge < -0.3 is 17.7 Å². The molecule has 0 bridgehead atoms. The van der Waals surface area contributed by atoms with Crippen LogP contribution >= 0.6 is 0 Å². The Morgan fingerprint density at radius 3 is 2.57 bits per heavy atom. The van der Waals surface area contributed by atoms with Gasteiger partial charge in [-0.25, -0.2) is 9.37 Å². The number of nitrogens with zero attached hydrogens (tertiary/aromatic N) is 1. The normalized spacial score (nSPS) is 11.5. The van der Waals surface area contributed by atoms with Crippen LogP contribution in [0.1, 0.15) is 6.92 Å². The van der Waals surface area contributed by atoms with Crippen LogP contribution in [-0.4, -0.2) is 18.6 Å². The third-order valence-corrected chi connectivity index (χ3v) is 1.50. The Balaban J connectivity index is 3.09. The minimum atomic E-state index is -5.36. The van der Waals surface area contributed by atoms with Crippen LogP contribution in [0, 0.1) is 5.82 Å². The standard InChI is InChI=1S/C7H7BF4NO/c1-2-14-7-3-5(8(10,11)12)6(9)4-13-7/h3-4H,2H2,1H3/q-1. The van der Waals surface area contributed by atoms with E-state index in [2.05, 4.69) is 4.98 Å². The molecule has 2 nitrogen and oxygen atoms in total. The van der Waals surface area contributed by atoms with Gasteiger partial charge in [0.05, 0.1) is 12.8 Å². The Morgan fingerprint density at radius 2 is 2.07 bits per heavy atom. The zero-order chi connectivity index (χ0) is 10.8. The van der Waals surface area contributed by atoms with E-state index in [-0.39, 0.29) is 12.5 Å². The van der Waals surface area contributed by atoms with Crippen LogP contribution in [0.5, 0.6) is 5.88 Å². The molecular formula is C7H7BF4NO-. The Morgan fingerprint density at radius 1 is 1.43 bits per heavy atom. The monoisotopic (exact) mass is 208 g/mol. The van der Waals surface area contributed by atoms with Crippen LogP contribution in [0.3, 0.4) is 0 Å². The molecule has 0 fully saturated rings. The number of ether oxygens (including phenoxy) is 1. The molecule has 14 heavy (non-hydrogen) atoms. The number of pyridine rings is 1. The second-order valence-corrected chi connectivity index (χ2v) is 2.55. The lowest BCUT2D eigenvalue weighted by molar-refractivity contribution is 0.326. The molecule has 78 valence electrons. The number of hydrogen-bond donors (Lipinski definition) is 0. The molecule has 0 aliphatic heterocycles. The Bertz CT molecular complexity index is 328. The molecule has 0 spiro atoms. The largest absolute Gasteiger partial charge is 0.512 e. The SMILES string of the molecule is CCOc1cc([B-](F)(F)F)c(F)cn1. The summed E-state index contributed by atoms with van der Waals surface area (Å²) < 4.78 is 54.0. The summed E-state index contributed by atoms with van der Waals surface area (Å²) in [6, 6.07) is 0.568. The summed E-state index contributed by atoms with van der Waals surface area (Å²) in [7, 11) is 0. The molecule has 0 amide bonds. The van der Waals surface area contributed by atoms with E-state index in [4.69, 9.17) is 4.74 Å². The van der Waals surface area contributed by atoms with E-state index in [0.717, 1.165) is 0 Å². The molecule has 0 saturated heterocycles. The Hall–Kier alpha value is -1.27. The van der Waals surface area contributed by atoms with E-state index in [1.54, 1.807) is 6.92 Å². The quantitative estimate of drug-likeness (QED) is 0.556. The molecule has 0 aromatic carbocycles. The van der Waals surface area contributed by atoms with Gasteiger partial charge in [0.15, 0.2) is 0 Å². The fourth-order valence-electron chi connectivity index (χ4n) is 0.912.